The molecule has 0 aliphatic rings. The highest BCUT2D eigenvalue weighted by Gasteiger charge is 2.05. The van der Waals surface area contributed by atoms with Crippen molar-refractivity contribution in [2.75, 3.05) is 12.3 Å². The van der Waals surface area contributed by atoms with Gasteiger partial charge in [-0.25, -0.2) is 0 Å². The van der Waals surface area contributed by atoms with Crippen LogP contribution in [0.15, 0.2) is 35.2 Å². The van der Waals surface area contributed by atoms with Gasteiger partial charge in [0.25, 0.3) is 0 Å². The fraction of sp³-hybridized carbons (Fsp3) is 0.412. The maximum atomic E-state index is 11.9. The van der Waals surface area contributed by atoms with E-state index in [1.807, 2.05) is 23.7 Å². The molecule has 118 valence electrons. The van der Waals surface area contributed by atoms with Crippen molar-refractivity contribution in [3.05, 3.63) is 47.3 Å². The number of nitrogens with zero attached hydrogens (tertiary/aromatic N) is 2. The molecule has 1 N–H and O–H groups in total. The molecular formula is C17H23N3OS. The van der Waals surface area contributed by atoms with Gasteiger partial charge in [0.05, 0.1) is 11.4 Å². The maximum absolute atomic E-state index is 11.9. The van der Waals surface area contributed by atoms with Crippen LogP contribution in [0, 0.1) is 20.8 Å². The second kappa shape index (κ2) is 8.03. The molecule has 2 rings (SSSR count). The van der Waals surface area contributed by atoms with Crippen molar-refractivity contribution in [3.63, 3.8) is 0 Å². The number of thioether (sulfide) groups is 1. The highest BCUT2D eigenvalue weighted by Crippen LogP contribution is 2.21. The normalized spacial score (nSPS) is 10.7. The minimum absolute atomic E-state index is 0.0848. The summed E-state index contributed by atoms with van der Waals surface area (Å²) in [6.07, 6.45) is 0.892. The second-order valence-corrected chi connectivity index (χ2v) is 6.43. The third-order valence-electron chi connectivity index (χ3n) is 3.42. The number of amides is 1. The molecule has 0 radical (unpaired) electrons. The van der Waals surface area contributed by atoms with Crippen LogP contribution in [-0.2, 0) is 11.3 Å². The van der Waals surface area contributed by atoms with E-state index in [1.54, 1.807) is 11.8 Å². The summed E-state index contributed by atoms with van der Waals surface area (Å²) in [4.78, 5) is 13.0. The maximum Gasteiger partial charge on any atom is 0.230 e. The van der Waals surface area contributed by atoms with E-state index < -0.39 is 0 Å². The van der Waals surface area contributed by atoms with Crippen LogP contribution in [0.2, 0.25) is 0 Å². The molecule has 0 atom stereocenters. The van der Waals surface area contributed by atoms with E-state index in [4.69, 9.17) is 0 Å². The summed E-state index contributed by atoms with van der Waals surface area (Å²) in [6.45, 7) is 7.64. The zero-order valence-corrected chi connectivity index (χ0v) is 14.2. The summed E-state index contributed by atoms with van der Waals surface area (Å²) in [5.41, 5.74) is 3.42. The van der Waals surface area contributed by atoms with Crippen LogP contribution in [0.5, 0.6) is 0 Å². The van der Waals surface area contributed by atoms with Gasteiger partial charge >= 0.3 is 0 Å². The van der Waals surface area contributed by atoms with Crippen molar-refractivity contribution in [1.29, 1.82) is 0 Å². The molecule has 22 heavy (non-hydrogen) atoms. The molecule has 0 fully saturated rings. The Balaban J connectivity index is 1.66. The van der Waals surface area contributed by atoms with Crippen LogP contribution in [-0.4, -0.2) is 28.0 Å². The topological polar surface area (TPSA) is 46.9 Å². The van der Waals surface area contributed by atoms with Gasteiger partial charge in [-0.3, -0.25) is 9.48 Å². The molecule has 0 aliphatic carbocycles. The number of nitrogens with one attached hydrogen (secondary N) is 1. The number of hydrogen-bond donors (Lipinski definition) is 1. The lowest BCUT2D eigenvalue weighted by atomic mass is 10.2. The summed E-state index contributed by atoms with van der Waals surface area (Å²) in [7, 11) is 0. The van der Waals surface area contributed by atoms with E-state index >= 15 is 0 Å². The van der Waals surface area contributed by atoms with E-state index in [1.165, 1.54) is 16.2 Å². The second-order valence-electron chi connectivity index (χ2n) is 5.41. The fourth-order valence-corrected chi connectivity index (χ4v) is 3.13. The summed E-state index contributed by atoms with van der Waals surface area (Å²) < 4.78 is 1.99. The molecule has 1 aromatic carbocycles. The molecule has 0 bridgehead atoms. The number of aromatic nitrogens is 2. The van der Waals surface area contributed by atoms with E-state index in [2.05, 4.69) is 42.5 Å². The summed E-state index contributed by atoms with van der Waals surface area (Å²) in [6, 6.07) is 10.2. The summed E-state index contributed by atoms with van der Waals surface area (Å²) in [5.74, 6) is 0.548. The van der Waals surface area contributed by atoms with Crippen LogP contribution < -0.4 is 5.32 Å². The number of carbonyl (C=O) groups excluding carboxylic acids is 1. The first-order valence-corrected chi connectivity index (χ1v) is 8.51. The van der Waals surface area contributed by atoms with E-state index in [0.29, 0.717) is 12.3 Å². The van der Waals surface area contributed by atoms with Gasteiger partial charge < -0.3 is 5.32 Å². The van der Waals surface area contributed by atoms with Crippen LogP contribution in [0.3, 0.4) is 0 Å². The molecular weight excluding hydrogens is 294 g/mol. The molecule has 0 spiro atoms. The van der Waals surface area contributed by atoms with Crippen LogP contribution in [0.4, 0.5) is 0 Å². The van der Waals surface area contributed by atoms with Gasteiger partial charge in [-0.05, 0) is 44.9 Å². The van der Waals surface area contributed by atoms with Gasteiger partial charge in [0, 0.05) is 23.7 Å². The van der Waals surface area contributed by atoms with Crippen molar-refractivity contribution >= 4 is 17.7 Å². The standard InChI is InChI=1S/C17H23N3OS/c1-13-7-4-5-8-16(13)22-12-17(21)18-9-6-10-20-15(3)11-14(2)19-20/h4-5,7-8,11H,6,9-10,12H2,1-3H3,(H,18,21). The van der Waals surface area contributed by atoms with Gasteiger partial charge in [0.15, 0.2) is 0 Å². The van der Waals surface area contributed by atoms with Crippen LogP contribution >= 0.6 is 11.8 Å². The lowest BCUT2D eigenvalue weighted by molar-refractivity contribution is -0.118. The highest BCUT2D eigenvalue weighted by atomic mass is 32.2. The molecule has 2 aromatic rings. The Labute approximate surface area is 136 Å². The molecule has 0 unspecified atom stereocenters. The monoisotopic (exact) mass is 317 g/mol. The average Bonchev–Trinajstić information content (AvgIpc) is 2.81. The molecule has 5 heteroatoms. The number of aryl methyl sites for hydroxylation is 4. The Kier molecular flexibility index (Phi) is 6.07. The molecule has 0 aliphatic heterocycles. The minimum Gasteiger partial charge on any atom is -0.355 e. The van der Waals surface area contributed by atoms with Crippen molar-refractivity contribution < 1.29 is 4.79 Å². The number of carbonyl (C=O) groups is 1. The lowest BCUT2D eigenvalue weighted by Crippen LogP contribution is -2.27. The zero-order valence-electron chi connectivity index (χ0n) is 13.4. The Morgan fingerprint density at radius 2 is 2.05 bits per heavy atom. The van der Waals surface area contributed by atoms with Crippen molar-refractivity contribution in [2.24, 2.45) is 0 Å². The number of benzene rings is 1. The first-order valence-electron chi connectivity index (χ1n) is 7.52. The Morgan fingerprint density at radius 1 is 1.27 bits per heavy atom. The molecule has 1 aromatic heterocycles. The minimum atomic E-state index is 0.0848. The molecule has 0 saturated carbocycles. The van der Waals surface area contributed by atoms with E-state index in [0.717, 1.165) is 18.7 Å². The Morgan fingerprint density at radius 3 is 2.73 bits per heavy atom. The highest BCUT2D eigenvalue weighted by molar-refractivity contribution is 8.00. The lowest BCUT2D eigenvalue weighted by Gasteiger charge is -2.07. The van der Waals surface area contributed by atoms with Gasteiger partial charge in [0.2, 0.25) is 5.91 Å². The van der Waals surface area contributed by atoms with Gasteiger partial charge in [0.1, 0.15) is 0 Å². The first kappa shape index (κ1) is 16.6. The van der Waals surface area contributed by atoms with E-state index in [-0.39, 0.29) is 5.91 Å². The quantitative estimate of drug-likeness (QED) is 0.630. The first-order chi connectivity index (χ1) is 10.6. The van der Waals surface area contributed by atoms with Crippen molar-refractivity contribution in [3.8, 4) is 0 Å². The number of hydrogen-bond acceptors (Lipinski definition) is 3. The fourth-order valence-electron chi connectivity index (χ4n) is 2.27. The van der Waals surface area contributed by atoms with Crippen LogP contribution in [0.25, 0.3) is 0 Å². The molecule has 0 saturated heterocycles. The van der Waals surface area contributed by atoms with Crippen LogP contribution in [0.1, 0.15) is 23.4 Å². The summed E-state index contributed by atoms with van der Waals surface area (Å²) in [5, 5.41) is 7.38. The SMILES string of the molecule is Cc1cc(C)n(CCCNC(=O)CSc2ccccc2C)n1. The van der Waals surface area contributed by atoms with Gasteiger partial charge in [-0.15, -0.1) is 11.8 Å². The smallest absolute Gasteiger partial charge is 0.230 e. The molecule has 1 amide bonds. The average molecular weight is 317 g/mol. The molecule has 4 nitrogen and oxygen atoms in total. The Hall–Kier alpha value is -1.75. The van der Waals surface area contributed by atoms with Gasteiger partial charge in [-0.2, -0.15) is 5.10 Å². The third-order valence-corrected chi connectivity index (χ3v) is 4.60. The van der Waals surface area contributed by atoms with Gasteiger partial charge in [-0.1, -0.05) is 18.2 Å². The third kappa shape index (κ3) is 4.91. The van der Waals surface area contributed by atoms with Crippen molar-refractivity contribution in [2.45, 2.75) is 38.6 Å². The van der Waals surface area contributed by atoms with Crippen molar-refractivity contribution in [1.82, 2.24) is 15.1 Å². The zero-order chi connectivity index (χ0) is 15.9. The number of rotatable bonds is 7. The Bertz CT molecular complexity index is 637. The predicted molar refractivity (Wildman–Crippen MR) is 91.2 cm³/mol. The van der Waals surface area contributed by atoms with E-state index in [9.17, 15) is 4.79 Å². The molecule has 1 heterocycles. The summed E-state index contributed by atoms with van der Waals surface area (Å²) >= 11 is 1.59. The largest absolute Gasteiger partial charge is 0.355 e. The predicted octanol–water partition coefficient (Wildman–Crippen LogP) is 3.11.